The van der Waals surface area contributed by atoms with Crippen LogP contribution in [0.1, 0.15) is 5.69 Å². The summed E-state index contributed by atoms with van der Waals surface area (Å²) in [6, 6.07) is 12.4. The number of aromatic amines is 1. The molecule has 3 aromatic rings. The Balaban J connectivity index is 1.82. The molecule has 0 bridgehead atoms. The minimum atomic E-state index is -3.29. The van der Waals surface area contributed by atoms with E-state index < -0.39 is 9.84 Å². The number of hydrogen-bond acceptors (Lipinski definition) is 6. The van der Waals surface area contributed by atoms with Gasteiger partial charge in [0.05, 0.1) is 22.0 Å². The van der Waals surface area contributed by atoms with Crippen LogP contribution >= 0.6 is 0 Å². The van der Waals surface area contributed by atoms with Crippen LogP contribution in [0.2, 0.25) is 0 Å². The molecule has 0 aliphatic rings. The first-order chi connectivity index (χ1) is 14.1. The van der Waals surface area contributed by atoms with Crippen LogP contribution in [0, 0.1) is 6.92 Å². The highest BCUT2D eigenvalue weighted by atomic mass is 32.2. The number of rotatable bonds is 8. The Morgan fingerprint density at radius 2 is 1.90 bits per heavy atom. The number of sulfone groups is 1. The highest BCUT2D eigenvalue weighted by Gasteiger charge is 2.15. The lowest BCUT2D eigenvalue weighted by atomic mass is 10.2. The van der Waals surface area contributed by atoms with Gasteiger partial charge in [-0.25, -0.2) is 8.42 Å². The minimum Gasteiger partial charge on any atom is -0.463 e. The quantitative estimate of drug-likeness (QED) is 0.551. The predicted molar refractivity (Wildman–Crippen MR) is 115 cm³/mol. The normalized spacial score (nSPS) is 11.8. The van der Waals surface area contributed by atoms with Crippen molar-refractivity contribution in [3.05, 3.63) is 48.2 Å². The summed E-state index contributed by atoms with van der Waals surface area (Å²) in [5.41, 5.74) is 3.84. The van der Waals surface area contributed by atoms with Crippen molar-refractivity contribution >= 4 is 15.8 Å². The average molecular weight is 431 g/mol. The summed E-state index contributed by atoms with van der Waals surface area (Å²) in [7, 11) is 0.537. The van der Waals surface area contributed by atoms with Crippen LogP contribution in [0.25, 0.3) is 22.6 Å². The van der Waals surface area contributed by atoms with E-state index in [1.54, 1.807) is 22.9 Å². The van der Waals surface area contributed by atoms with Crippen molar-refractivity contribution < 1.29 is 17.9 Å². The van der Waals surface area contributed by atoms with Gasteiger partial charge in [0.15, 0.2) is 9.84 Å². The van der Waals surface area contributed by atoms with Gasteiger partial charge in [0, 0.05) is 18.5 Å². The molecule has 3 rings (SSSR count). The number of H-pyrrole nitrogens is 1. The highest BCUT2D eigenvalue weighted by Crippen LogP contribution is 2.26. The first-order valence-electron chi connectivity index (χ1n) is 9.48. The second-order valence-electron chi connectivity index (χ2n) is 7.44. The van der Waals surface area contributed by atoms with Gasteiger partial charge >= 0.3 is 5.97 Å². The van der Waals surface area contributed by atoms with Gasteiger partial charge in [-0.3, -0.25) is 9.48 Å². The minimum absolute atomic E-state index is 0.00845. The van der Waals surface area contributed by atoms with Crippen molar-refractivity contribution in [3.8, 4) is 22.6 Å². The van der Waals surface area contributed by atoms with Crippen LogP contribution < -0.4 is 0 Å². The third kappa shape index (κ3) is 5.37. The smallest absolute Gasteiger partial charge is 0.327 e. The lowest BCUT2D eigenvalue weighted by molar-refractivity contribution is -0.144. The lowest BCUT2D eigenvalue weighted by Crippen LogP contribution is -2.22. The maximum Gasteiger partial charge on any atom is 0.327 e. The van der Waals surface area contributed by atoms with Crippen LogP contribution in [-0.4, -0.2) is 67.6 Å². The molecular formula is C21H26N4O4S. The van der Waals surface area contributed by atoms with Gasteiger partial charge in [0.25, 0.3) is 0 Å². The molecule has 0 radical (unpaired) electrons. The molecule has 0 aliphatic heterocycles. The van der Waals surface area contributed by atoms with Crippen molar-refractivity contribution in [1.29, 1.82) is 0 Å². The Morgan fingerprint density at radius 3 is 2.60 bits per heavy atom. The molecule has 0 aliphatic carbocycles. The highest BCUT2D eigenvalue weighted by molar-refractivity contribution is 7.90. The van der Waals surface area contributed by atoms with E-state index in [2.05, 4.69) is 10.1 Å². The Labute approximate surface area is 176 Å². The van der Waals surface area contributed by atoms with Gasteiger partial charge in [-0.2, -0.15) is 5.10 Å². The van der Waals surface area contributed by atoms with E-state index >= 15 is 0 Å². The van der Waals surface area contributed by atoms with Crippen molar-refractivity contribution in [1.82, 2.24) is 19.7 Å². The summed E-state index contributed by atoms with van der Waals surface area (Å²) in [6.07, 6.45) is 1.19. The molecule has 0 amide bonds. The van der Waals surface area contributed by atoms with Crippen molar-refractivity contribution in [3.63, 3.8) is 0 Å². The molecule has 160 valence electrons. The monoisotopic (exact) mass is 430 g/mol. The summed E-state index contributed by atoms with van der Waals surface area (Å²) >= 11 is 0. The van der Waals surface area contributed by atoms with E-state index in [1.807, 2.05) is 50.2 Å². The van der Waals surface area contributed by atoms with Gasteiger partial charge in [-0.1, -0.05) is 12.1 Å². The Hall–Kier alpha value is -2.91. The molecule has 0 unspecified atom stereocenters. The molecule has 2 aromatic heterocycles. The molecule has 0 saturated heterocycles. The fourth-order valence-corrected chi connectivity index (χ4v) is 3.67. The van der Waals surface area contributed by atoms with Crippen LogP contribution in [0.5, 0.6) is 0 Å². The number of nitrogens with zero attached hydrogens (tertiary/aromatic N) is 3. The summed E-state index contributed by atoms with van der Waals surface area (Å²) in [5, 5.41) is 4.40. The molecule has 1 N–H and O–H groups in total. The number of benzene rings is 1. The maximum absolute atomic E-state index is 12.2. The number of hydrogen-bond donors (Lipinski definition) is 1. The maximum atomic E-state index is 12.2. The van der Waals surface area contributed by atoms with E-state index in [4.69, 9.17) is 4.74 Å². The lowest BCUT2D eigenvalue weighted by Gasteiger charge is -2.11. The largest absolute Gasteiger partial charge is 0.463 e. The number of nitrogens with one attached hydrogen (secondary N) is 1. The zero-order valence-corrected chi connectivity index (χ0v) is 18.4. The fraction of sp³-hybridized carbons (Fsp3) is 0.333. The first kappa shape index (κ1) is 21.8. The summed E-state index contributed by atoms with van der Waals surface area (Å²) in [5.74, 6) is -0.353. The van der Waals surface area contributed by atoms with E-state index in [1.165, 1.54) is 6.26 Å². The van der Waals surface area contributed by atoms with Gasteiger partial charge < -0.3 is 14.6 Å². The Morgan fingerprint density at radius 1 is 1.17 bits per heavy atom. The molecule has 0 spiro atoms. The summed E-state index contributed by atoms with van der Waals surface area (Å²) in [4.78, 5) is 17.7. The number of likely N-dealkylation sites (N-methyl/N-ethyl adjacent to an activating group) is 1. The summed E-state index contributed by atoms with van der Waals surface area (Å²) in [6.45, 7) is 2.85. The van der Waals surface area contributed by atoms with Gasteiger partial charge in [-0.05, 0) is 56.9 Å². The second kappa shape index (κ2) is 8.85. The van der Waals surface area contributed by atoms with Crippen LogP contribution in [0.15, 0.2) is 47.4 Å². The van der Waals surface area contributed by atoms with E-state index in [9.17, 15) is 13.2 Å². The first-order valence-corrected chi connectivity index (χ1v) is 11.4. The number of esters is 1. The third-order valence-corrected chi connectivity index (χ3v) is 5.63. The standard InChI is InChI=1S/C21H26N4O4S/c1-15-12-20(25(23-15)14-21(26)29-11-10-24(2)3)19-9-8-18(22-19)16-6-5-7-17(13-16)30(4,27)28/h5-9,12-13,22H,10-11,14H2,1-4H3. The zero-order chi connectivity index (χ0) is 21.9. The SMILES string of the molecule is Cc1cc(-c2ccc(-c3cccc(S(C)(=O)=O)c3)[nH]2)n(CC(=O)OCCN(C)C)n1. The third-order valence-electron chi connectivity index (χ3n) is 4.52. The van der Waals surface area contributed by atoms with Gasteiger partial charge in [-0.15, -0.1) is 0 Å². The molecule has 0 atom stereocenters. The Kier molecular flexibility index (Phi) is 6.42. The van der Waals surface area contributed by atoms with Crippen LogP contribution in [0.3, 0.4) is 0 Å². The molecule has 0 saturated carbocycles. The van der Waals surface area contributed by atoms with Crippen molar-refractivity contribution in [2.75, 3.05) is 33.5 Å². The zero-order valence-electron chi connectivity index (χ0n) is 17.5. The predicted octanol–water partition coefficient (Wildman–Crippen LogP) is 2.36. The number of aromatic nitrogens is 3. The van der Waals surface area contributed by atoms with E-state index in [-0.39, 0.29) is 17.4 Å². The summed E-state index contributed by atoms with van der Waals surface area (Å²) < 4.78 is 30.5. The van der Waals surface area contributed by atoms with Crippen molar-refractivity contribution in [2.45, 2.75) is 18.4 Å². The van der Waals surface area contributed by atoms with E-state index in [0.29, 0.717) is 13.2 Å². The number of carbonyl (C=O) groups excluding carboxylic acids is 1. The van der Waals surface area contributed by atoms with Crippen LogP contribution in [-0.2, 0) is 25.9 Å². The molecule has 0 fully saturated rings. The number of aryl methyl sites for hydroxylation is 1. The molecule has 30 heavy (non-hydrogen) atoms. The Bertz CT molecular complexity index is 1150. The number of ether oxygens (including phenoxy) is 1. The molecule has 9 heteroatoms. The van der Waals surface area contributed by atoms with Crippen molar-refractivity contribution in [2.24, 2.45) is 0 Å². The second-order valence-corrected chi connectivity index (χ2v) is 9.45. The van der Waals surface area contributed by atoms with Gasteiger partial charge in [0.2, 0.25) is 0 Å². The molecule has 2 heterocycles. The average Bonchev–Trinajstić information content (AvgIpc) is 3.27. The molecular weight excluding hydrogens is 404 g/mol. The topological polar surface area (TPSA) is 97.3 Å². The van der Waals surface area contributed by atoms with E-state index in [0.717, 1.165) is 28.3 Å². The number of carbonyl (C=O) groups is 1. The molecule has 8 nitrogen and oxygen atoms in total. The fourth-order valence-electron chi connectivity index (χ4n) is 3.00. The molecule has 1 aromatic carbocycles. The van der Waals surface area contributed by atoms with Gasteiger partial charge in [0.1, 0.15) is 13.2 Å². The van der Waals surface area contributed by atoms with Crippen LogP contribution in [0.4, 0.5) is 0 Å².